The zero-order valence-corrected chi connectivity index (χ0v) is 22.6. The Kier molecular flexibility index (Phi) is 7.96. The lowest BCUT2D eigenvalue weighted by Crippen LogP contribution is -2.60. The molecule has 1 heterocycles. The fraction of sp³-hybridized carbons (Fsp3) is 0.259. The van der Waals surface area contributed by atoms with Crippen LogP contribution in [0.1, 0.15) is 36.8 Å². The number of fused-ring (bicyclic) bond motifs is 1. The number of esters is 2. The molecule has 1 aliphatic rings. The summed E-state index contributed by atoms with van der Waals surface area (Å²) in [7, 11) is -3.97. The van der Waals surface area contributed by atoms with Gasteiger partial charge in [-0.15, -0.1) is 0 Å². The molecule has 1 aliphatic heterocycles. The van der Waals surface area contributed by atoms with Crippen molar-refractivity contribution in [2.24, 2.45) is 0 Å². The van der Waals surface area contributed by atoms with Gasteiger partial charge in [-0.3, -0.25) is 4.72 Å². The Balaban J connectivity index is 1.83. The average molecular weight is 559 g/mol. The molecule has 0 aliphatic carbocycles. The van der Waals surface area contributed by atoms with Crippen molar-refractivity contribution in [2.45, 2.75) is 37.4 Å². The molecule has 0 saturated heterocycles. The van der Waals surface area contributed by atoms with E-state index in [9.17, 15) is 18.0 Å². The molecule has 0 amide bonds. The van der Waals surface area contributed by atoms with E-state index in [1.807, 2.05) is 6.92 Å². The highest BCUT2D eigenvalue weighted by atomic mass is 35.5. The summed E-state index contributed by atoms with van der Waals surface area (Å²) in [5, 5.41) is 3.46. The van der Waals surface area contributed by atoms with Crippen molar-refractivity contribution < 1.29 is 32.2 Å². The molecule has 0 aromatic heterocycles. The van der Waals surface area contributed by atoms with Crippen molar-refractivity contribution in [1.29, 1.82) is 0 Å². The van der Waals surface area contributed by atoms with Crippen LogP contribution >= 0.6 is 11.6 Å². The van der Waals surface area contributed by atoms with E-state index in [-0.39, 0.29) is 35.1 Å². The van der Waals surface area contributed by atoms with Crippen LogP contribution in [0.15, 0.2) is 71.6 Å². The molecule has 200 valence electrons. The third kappa shape index (κ3) is 5.33. The van der Waals surface area contributed by atoms with E-state index in [4.69, 9.17) is 25.8 Å². The predicted molar refractivity (Wildman–Crippen MR) is 141 cm³/mol. The third-order valence-corrected chi connectivity index (χ3v) is 7.54. The smallest absolute Gasteiger partial charge is 0.343 e. The van der Waals surface area contributed by atoms with E-state index in [1.165, 1.54) is 30.3 Å². The fourth-order valence-electron chi connectivity index (χ4n) is 4.04. The first-order valence-electron chi connectivity index (χ1n) is 11.9. The van der Waals surface area contributed by atoms with E-state index in [2.05, 4.69) is 10.0 Å². The number of anilines is 1. The first kappa shape index (κ1) is 27.4. The molecule has 3 aromatic rings. The molecule has 38 heavy (non-hydrogen) atoms. The number of nitrogens with one attached hydrogen (secondary N) is 2. The quantitative estimate of drug-likeness (QED) is 0.307. The van der Waals surface area contributed by atoms with Gasteiger partial charge in [-0.1, -0.05) is 41.4 Å². The van der Waals surface area contributed by atoms with Crippen molar-refractivity contribution in [2.75, 3.05) is 17.9 Å². The zero-order valence-electron chi connectivity index (χ0n) is 21.0. The first-order valence-corrected chi connectivity index (χ1v) is 13.7. The first-order chi connectivity index (χ1) is 18.1. The minimum Gasteiger partial charge on any atom is -0.471 e. The molecule has 1 unspecified atom stereocenters. The summed E-state index contributed by atoms with van der Waals surface area (Å²) in [4.78, 5) is 27.0. The summed E-state index contributed by atoms with van der Waals surface area (Å²) in [5.41, 5.74) is -0.497. The molecule has 2 N–H and O–H groups in total. The Morgan fingerprint density at radius 1 is 0.974 bits per heavy atom. The molecular formula is C27H27ClN2O7S. The zero-order chi connectivity index (χ0) is 27.5. The highest BCUT2D eigenvalue weighted by Gasteiger charge is 2.56. The Bertz CT molecular complexity index is 1420. The number of sulfonamides is 1. The molecule has 0 bridgehead atoms. The number of hydrogen-bond donors (Lipinski definition) is 2. The van der Waals surface area contributed by atoms with Crippen LogP contribution in [0, 0.1) is 6.92 Å². The van der Waals surface area contributed by atoms with Crippen molar-refractivity contribution >= 4 is 39.3 Å². The van der Waals surface area contributed by atoms with Crippen molar-refractivity contribution in [3.8, 4) is 5.75 Å². The van der Waals surface area contributed by atoms with Crippen molar-refractivity contribution in [3.63, 3.8) is 0 Å². The average Bonchev–Trinajstić information content (AvgIpc) is 2.89. The highest BCUT2D eigenvalue weighted by Crippen LogP contribution is 2.42. The lowest BCUT2D eigenvalue weighted by atomic mass is 9.86. The summed E-state index contributed by atoms with van der Waals surface area (Å²) in [6.45, 7) is 5.05. The van der Waals surface area contributed by atoms with Gasteiger partial charge >= 0.3 is 11.9 Å². The molecule has 1 atom stereocenters. The second-order valence-electron chi connectivity index (χ2n) is 8.51. The fourth-order valence-corrected chi connectivity index (χ4v) is 5.22. The standard InChI is InChI=1S/C27H27ClN2O7S/c1-4-35-25(31)27(26(32)36-5-2)22-16-20(30-38(33,34)21-13-6-17(3)7-14-21)12-15-23(22)37-24(29-27)18-8-10-19(28)11-9-18/h6-16,24,29-30H,4-5H2,1-3H3. The number of carbonyl (C=O) groups excluding carboxylic acids is 2. The lowest BCUT2D eigenvalue weighted by molar-refractivity contribution is -0.170. The molecule has 0 saturated carbocycles. The molecule has 3 aromatic carbocycles. The van der Waals surface area contributed by atoms with Crippen molar-refractivity contribution in [3.05, 3.63) is 88.4 Å². The van der Waals surface area contributed by atoms with Gasteiger partial charge in [0.15, 0.2) is 6.23 Å². The van der Waals surface area contributed by atoms with Gasteiger partial charge in [-0.05, 0) is 63.2 Å². The number of carbonyl (C=O) groups is 2. The third-order valence-electron chi connectivity index (χ3n) is 5.90. The maximum absolute atomic E-state index is 13.5. The molecule has 4 rings (SSSR count). The monoisotopic (exact) mass is 558 g/mol. The summed E-state index contributed by atoms with van der Waals surface area (Å²) in [5.74, 6) is -1.66. The van der Waals surface area contributed by atoms with Gasteiger partial charge in [-0.25, -0.2) is 23.3 Å². The van der Waals surface area contributed by atoms with Gasteiger partial charge in [0, 0.05) is 21.8 Å². The normalized spacial score (nSPS) is 16.1. The molecule has 0 radical (unpaired) electrons. The summed E-state index contributed by atoms with van der Waals surface area (Å²) in [6.07, 6.45) is -0.955. The molecule has 0 fully saturated rings. The molecular weight excluding hydrogens is 532 g/mol. The van der Waals surface area contributed by atoms with Gasteiger partial charge in [0.25, 0.3) is 10.0 Å². The maximum atomic E-state index is 13.5. The van der Waals surface area contributed by atoms with E-state index in [0.717, 1.165) is 5.56 Å². The minimum absolute atomic E-state index is 0.0107. The van der Waals surface area contributed by atoms with E-state index < -0.39 is 33.7 Å². The highest BCUT2D eigenvalue weighted by molar-refractivity contribution is 7.92. The van der Waals surface area contributed by atoms with Gasteiger partial charge in [0.05, 0.1) is 18.1 Å². The minimum atomic E-state index is -3.97. The maximum Gasteiger partial charge on any atom is 0.343 e. The Morgan fingerprint density at radius 2 is 1.58 bits per heavy atom. The Morgan fingerprint density at radius 3 is 2.16 bits per heavy atom. The number of hydrogen-bond acceptors (Lipinski definition) is 8. The van der Waals surface area contributed by atoms with Gasteiger partial charge in [0.1, 0.15) is 5.75 Å². The molecule has 9 nitrogen and oxygen atoms in total. The topological polar surface area (TPSA) is 120 Å². The summed E-state index contributed by atoms with van der Waals surface area (Å²) in [6, 6.07) is 17.3. The number of rotatable bonds is 8. The van der Waals surface area contributed by atoms with Crippen LogP contribution in [-0.2, 0) is 34.6 Å². The largest absolute Gasteiger partial charge is 0.471 e. The number of halogens is 1. The van der Waals surface area contributed by atoms with Crippen molar-refractivity contribution in [1.82, 2.24) is 5.32 Å². The van der Waals surface area contributed by atoms with Crippen LogP contribution in [0.25, 0.3) is 0 Å². The van der Waals surface area contributed by atoms with E-state index >= 15 is 0 Å². The SMILES string of the molecule is CCOC(=O)C1(C(=O)OCC)NC(c2ccc(Cl)cc2)Oc2ccc(NS(=O)(=O)c3ccc(C)cc3)cc21. The number of aryl methyl sites for hydroxylation is 1. The van der Waals surface area contributed by atoms with Crippen LogP contribution in [0.4, 0.5) is 5.69 Å². The van der Waals surface area contributed by atoms with E-state index in [1.54, 1.807) is 50.2 Å². The summed E-state index contributed by atoms with van der Waals surface area (Å²) < 4.78 is 45.3. The Labute approximate surface area is 226 Å². The second kappa shape index (κ2) is 11.0. The van der Waals surface area contributed by atoms with Crippen LogP contribution in [-0.4, -0.2) is 33.6 Å². The molecule has 0 spiro atoms. The number of benzene rings is 3. The van der Waals surface area contributed by atoms with Gasteiger partial charge < -0.3 is 14.2 Å². The summed E-state index contributed by atoms with van der Waals surface area (Å²) >= 11 is 6.03. The van der Waals surface area contributed by atoms with Crippen LogP contribution < -0.4 is 14.8 Å². The second-order valence-corrected chi connectivity index (χ2v) is 10.6. The van der Waals surface area contributed by atoms with Gasteiger partial charge in [0.2, 0.25) is 5.54 Å². The lowest BCUT2D eigenvalue weighted by Gasteiger charge is -2.40. The Hall–Kier alpha value is -3.60. The van der Waals surface area contributed by atoms with Gasteiger partial charge in [-0.2, -0.15) is 0 Å². The van der Waals surface area contributed by atoms with Crippen LogP contribution in [0.3, 0.4) is 0 Å². The number of ether oxygens (including phenoxy) is 3. The van der Waals surface area contributed by atoms with Crippen LogP contribution in [0.2, 0.25) is 5.02 Å². The predicted octanol–water partition coefficient (Wildman–Crippen LogP) is 4.45. The van der Waals surface area contributed by atoms with E-state index in [0.29, 0.717) is 10.6 Å². The molecule has 11 heteroatoms. The van der Waals surface area contributed by atoms with Crippen LogP contribution in [0.5, 0.6) is 5.75 Å².